The molecule has 0 aromatic rings. The summed E-state index contributed by atoms with van der Waals surface area (Å²) < 4.78 is 0. The minimum absolute atomic E-state index is 0.0174. The number of nitrogens with two attached hydrogens (primary N) is 1. The zero-order valence-electron chi connectivity index (χ0n) is 19.1. The maximum atomic E-state index is 13.9. The van der Waals surface area contributed by atoms with Gasteiger partial charge in [0, 0.05) is 24.7 Å². The molecule has 1 amide bonds. The summed E-state index contributed by atoms with van der Waals surface area (Å²) in [7, 11) is 0. The molecule has 0 spiro atoms. The Hall–Kier alpha value is -1.27. The fourth-order valence-electron chi connectivity index (χ4n) is 5.26. The van der Waals surface area contributed by atoms with Crippen LogP contribution in [0.1, 0.15) is 72.6 Å². The molecule has 6 heteroatoms. The Bertz CT molecular complexity index is 722. The van der Waals surface area contributed by atoms with Crippen molar-refractivity contribution in [2.75, 3.05) is 13.1 Å². The average Bonchev–Trinajstić information content (AvgIpc) is 2.65. The van der Waals surface area contributed by atoms with Crippen molar-refractivity contribution in [1.29, 1.82) is 0 Å². The highest BCUT2D eigenvalue weighted by atomic mass is 32.1. The van der Waals surface area contributed by atoms with Crippen molar-refractivity contribution in [3.05, 3.63) is 22.8 Å². The predicted octanol–water partition coefficient (Wildman–Crippen LogP) is 3.90. The lowest BCUT2D eigenvalue weighted by Gasteiger charge is -2.49. The highest BCUT2D eigenvalue weighted by Gasteiger charge is 2.44. The number of fused-ring (bicyclic) bond motifs is 1. The first-order valence-corrected chi connectivity index (χ1v) is 12.0. The molecule has 5 nitrogen and oxygen atoms in total. The van der Waals surface area contributed by atoms with Gasteiger partial charge >= 0.3 is 0 Å². The molecule has 0 aromatic heterocycles. The SMILES string of the molecule is CC(N)CCN(C(=O)[C@@H]1C[C@@H]2CCCC[C@@H]2CN1C1=CCC(S)=CC1=O)C(C)(C)C. The van der Waals surface area contributed by atoms with E-state index < -0.39 is 0 Å². The summed E-state index contributed by atoms with van der Waals surface area (Å²) >= 11 is 4.37. The van der Waals surface area contributed by atoms with Crippen LogP contribution in [0.4, 0.5) is 0 Å². The number of allylic oxidation sites excluding steroid dienone is 3. The number of amides is 1. The van der Waals surface area contributed by atoms with Gasteiger partial charge in [0.1, 0.15) is 6.04 Å². The number of carbonyl (C=O) groups is 2. The molecule has 4 atom stereocenters. The first-order valence-electron chi connectivity index (χ1n) is 11.6. The zero-order valence-corrected chi connectivity index (χ0v) is 20.0. The highest BCUT2D eigenvalue weighted by Crippen LogP contribution is 2.41. The minimum Gasteiger partial charge on any atom is -0.356 e. The smallest absolute Gasteiger partial charge is 0.245 e. The number of nitrogens with zero attached hydrogens (tertiary/aromatic N) is 2. The van der Waals surface area contributed by atoms with Gasteiger partial charge in [-0.05, 0) is 76.2 Å². The summed E-state index contributed by atoms with van der Waals surface area (Å²) in [4.78, 5) is 31.7. The van der Waals surface area contributed by atoms with Crippen LogP contribution in [0, 0.1) is 11.8 Å². The molecule has 1 aliphatic heterocycles. The summed E-state index contributed by atoms with van der Waals surface area (Å²) in [6, 6.07) is -0.226. The van der Waals surface area contributed by atoms with E-state index in [1.165, 1.54) is 25.7 Å². The lowest BCUT2D eigenvalue weighted by molar-refractivity contribution is -0.144. The van der Waals surface area contributed by atoms with Gasteiger partial charge in [-0.2, -0.15) is 0 Å². The van der Waals surface area contributed by atoms with Crippen LogP contribution < -0.4 is 5.73 Å². The van der Waals surface area contributed by atoms with Crippen LogP contribution in [-0.2, 0) is 9.59 Å². The predicted molar refractivity (Wildman–Crippen MR) is 125 cm³/mol. The molecule has 0 bridgehead atoms. The number of rotatable bonds is 5. The van der Waals surface area contributed by atoms with Crippen LogP contribution in [0.25, 0.3) is 0 Å². The van der Waals surface area contributed by atoms with Gasteiger partial charge in [-0.1, -0.05) is 25.3 Å². The fraction of sp³-hybridized carbons (Fsp3) is 0.750. The van der Waals surface area contributed by atoms with Crippen molar-refractivity contribution in [2.45, 2.75) is 90.3 Å². The van der Waals surface area contributed by atoms with Crippen molar-refractivity contribution < 1.29 is 9.59 Å². The van der Waals surface area contributed by atoms with Crippen LogP contribution >= 0.6 is 12.6 Å². The lowest BCUT2D eigenvalue weighted by Crippen LogP contribution is -2.59. The van der Waals surface area contributed by atoms with E-state index >= 15 is 0 Å². The highest BCUT2D eigenvalue weighted by molar-refractivity contribution is 7.84. The molecule has 1 saturated heterocycles. The van der Waals surface area contributed by atoms with Crippen LogP contribution in [0.15, 0.2) is 22.8 Å². The zero-order chi connectivity index (χ0) is 22.1. The van der Waals surface area contributed by atoms with Crippen molar-refractivity contribution in [3.8, 4) is 0 Å². The summed E-state index contributed by atoms with van der Waals surface area (Å²) in [5.74, 6) is 1.28. The van der Waals surface area contributed by atoms with Crippen molar-refractivity contribution in [1.82, 2.24) is 9.80 Å². The number of piperidine rings is 1. The molecule has 3 rings (SSSR count). The third kappa shape index (κ3) is 5.31. The molecule has 0 aromatic carbocycles. The van der Waals surface area contributed by atoms with E-state index in [9.17, 15) is 9.59 Å². The maximum Gasteiger partial charge on any atom is 0.245 e. The normalized spacial score (nSPS) is 28.4. The van der Waals surface area contributed by atoms with Gasteiger partial charge in [0.25, 0.3) is 0 Å². The number of thiol groups is 1. The second-order valence-corrected chi connectivity index (χ2v) is 11.0. The Labute approximate surface area is 187 Å². The molecule has 1 saturated carbocycles. The molecule has 2 aliphatic carbocycles. The number of hydrogen-bond acceptors (Lipinski definition) is 5. The quantitative estimate of drug-likeness (QED) is 0.645. The topological polar surface area (TPSA) is 66.6 Å². The molecule has 2 N–H and O–H groups in total. The first-order chi connectivity index (χ1) is 14.1. The van der Waals surface area contributed by atoms with Crippen LogP contribution in [-0.4, -0.2) is 52.2 Å². The average molecular weight is 434 g/mol. The molecular weight excluding hydrogens is 394 g/mol. The first kappa shape index (κ1) is 23.4. The van der Waals surface area contributed by atoms with Crippen LogP contribution in [0.2, 0.25) is 0 Å². The van der Waals surface area contributed by atoms with Gasteiger partial charge in [0.15, 0.2) is 0 Å². The van der Waals surface area contributed by atoms with Crippen molar-refractivity contribution >= 4 is 24.3 Å². The second-order valence-electron chi connectivity index (χ2n) is 10.4. The Morgan fingerprint density at radius 2 is 1.97 bits per heavy atom. The number of likely N-dealkylation sites (tertiary alicyclic amines) is 1. The molecule has 1 unspecified atom stereocenters. The van der Waals surface area contributed by atoms with Crippen LogP contribution in [0.3, 0.4) is 0 Å². The molecule has 0 radical (unpaired) electrons. The Kier molecular flexibility index (Phi) is 7.39. The van der Waals surface area contributed by atoms with Gasteiger partial charge in [-0.25, -0.2) is 0 Å². The van der Waals surface area contributed by atoms with Crippen LogP contribution in [0.5, 0.6) is 0 Å². The summed E-state index contributed by atoms with van der Waals surface area (Å²) in [6.45, 7) is 9.69. The number of ketones is 1. The largest absolute Gasteiger partial charge is 0.356 e. The summed E-state index contributed by atoms with van der Waals surface area (Å²) in [6.07, 6.45) is 10.8. The standard InChI is InChI=1S/C24H39N3O2S/c1-16(25)11-12-27(24(2,3)4)23(29)21-13-17-7-5-6-8-18(17)15-26(21)20-10-9-19(30)14-22(20)28/h10,14,16-18,21,30H,5-9,11-13,15,25H2,1-4H3/t16?,17-,18+,21-/m0/s1. The van der Waals surface area contributed by atoms with Gasteiger partial charge in [-0.3, -0.25) is 9.59 Å². The third-order valence-electron chi connectivity index (χ3n) is 6.93. The lowest BCUT2D eigenvalue weighted by atomic mass is 9.72. The Morgan fingerprint density at radius 3 is 2.57 bits per heavy atom. The van der Waals surface area contributed by atoms with Crippen molar-refractivity contribution in [2.24, 2.45) is 17.6 Å². The van der Waals surface area contributed by atoms with E-state index in [0.717, 1.165) is 24.3 Å². The van der Waals surface area contributed by atoms with Gasteiger partial charge in [0.05, 0.1) is 5.70 Å². The summed E-state index contributed by atoms with van der Waals surface area (Å²) in [5.41, 5.74) is 6.41. The monoisotopic (exact) mass is 433 g/mol. The van der Waals surface area contributed by atoms with E-state index in [1.807, 2.05) is 17.9 Å². The molecule has 3 aliphatic rings. The number of carbonyl (C=O) groups excluding carboxylic acids is 2. The molecule has 168 valence electrons. The van der Waals surface area contributed by atoms with E-state index in [0.29, 0.717) is 30.5 Å². The Morgan fingerprint density at radius 1 is 1.30 bits per heavy atom. The minimum atomic E-state index is -0.288. The summed E-state index contributed by atoms with van der Waals surface area (Å²) in [5, 5.41) is 0. The molecule has 2 fully saturated rings. The third-order valence-corrected chi connectivity index (χ3v) is 7.24. The van der Waals surface area contributed by atoms with E-state index in [2.05, 4.69) is 38.3 Å². The van der Waals surface area contributed by atoms with Gasteiger partial charge < -0.3 is 15.5 Å². The Balaban J connectivity index is 1.90. The van der Waals surface area contributed by atoms with E-state index in [4.69, 9.17) is 5.73 Å². The number of hydrogen-bond donors (Lipinski definition) is 2. The van der Waals surface area contributed by atoms with E-state index in [-0.39, 0.29) is 29.3 Å². The van der Waals surface area contributed by atoms with E-state index in [1.54, 1.807) is 6.08 Å². The molecular formula is C24H39N3O2S. The molecule has 30 heavy (non-hydrogen) atoms. The van der Waals surface area contributed by atoms with Crippen molar-refractivity contribution in [3.63, 3.8) is 0 Å². The fourth-order valence-corrected chi connectivity index (χ4v) is 5.47. The van der Waals surface area contributed by atoms with Gasteiger partial charge in [0.2, 0.25) is 11.7 Å². The second kappa shape index (κ2) is 9.47. The maximum absolute atomic E-state index is 13.9. The van der Waals surface area contributed by atoms with Gasteiger partial charge in [-0.15, -0.1) is 12.6 Å². The molecule has 1 heterocycles.